The third kappa shape index (κ3) is 5.11. The van der Waals surface area contributed by atoms with Gasteiger partial charge in [0.15, 0.2) is 11.5 Å². The van der Waals surface area contributed by atoms with Crippen molar-refractivity contribution in [2.75, 3.05) is 26.6 Å². The maximum Gasteiger partial charge on any atom is 0.257 e. The van der Waals surface area contributed by atoms with E-state index in [0.29, 0.717) is 34.1 Å². The summed E-state index contributed by atoms with van der Waals surface area (Å²) in [6.07, 6.45) is 3.09. The number of hydrogen-bond acceptors (Lipinski definition) is 6. The molecule has 1 aromatic heterocycles. The number of nitrogens with zero attached hydrogens (tertiary/aromatic N) is 1. The van der Waals surface area contributed by atoms with Gasteiger partial charge in [0.1, 0.15) is 0 Å². The van der Waals surface area contributed by atoms with Gasteiger partial charge in [-0.3, -0.25) is 14.6 Å². The Balaban J connectivity index is 1.75. The molecule has 0 bridgehead atoms. The summed E-state index contributed by atoms with van der Waals surface area (Å²) in [6.45, 7) is 0.207. The van der Waals surface area contributed by atoms with Gasteiger partial charge in [-0.2, -0.15) is 0 Å². The quantitative estimate of drug-likeness (QED) is 0.579. The Bertz CT molecular complexity index is 1040. The van der Waals surface area contributed by atoms with Gasteiger partial charge in [-0.1, -0.05) is 18.2 Å². The Labute approximate surface area is 180 Å². The highest BCUT2D eigenvalue weighted by Gasteiger charge is 2.17. The fourth-order valence-electron chi connectivity index (χ4n) is 2.98. The molecule has 0 saturated heterocycles. The van der Waals surface area contributed by atoms with Crippen LogP contribution in [0.1, 0.15) is 26.3 Å². The normalized spacial score (nSPS) is 10.2. The zero-order valence-corrected chi connectivity index (χ0v) is 17.5. The van der Waals surface area contributed by atoms with E-state index in [0.717, 1.165) is 5.56 Å². The van der Waals surface area contributed by atoms with Crippen molar-refractivity contribution in [3.05, 3.63) is 77.6 Å². The Morgan fingerprint density at radius 3 is 2.19 bits per heavy atom. The van der Waals surface area contributed by atoms with Crippen molar-refractivity contribution in [1.29, 1.82) is 0 Å². The summed E-state index contributed by atoms with van der Waals surface area (Å²) in [6, 6.07) is 13.8. The zero-order chi connectivity index (χ0) is 22.2. The highest BCUT2D eigenvalue weighted by atomic mass is 16.5. The maximum atomic E-state index is 12.8. The van der Waals surface area contributed by atoms with Crippen LogP contribution in [-0.2, 0) is 6.54 Å². The van der Waals surface area contributed by atoms with Crippen LogP contribution in [0.4, 0.5) is 5.69 Å². The number of nitrogens with one attached hydrogen (secondary N) is 2. The fourth-order valence-corrected chi connectivity index (χ4v) is 2.98. The molecule has 2 amide bonds. The number of benzene rings is 2. The first-order chi connectivity index (χ1) is 15.1. The second-order valence-electron chi connectivity index (χ2n) is 6.45. The maximum absolute atomic E-state index is 12.8. The molecule has 0 spiro atoms. The van der Waals surface area contributed by atoms with Crippen LogP contribution in [0.5, 0.6) is 17.2 Å². The van der Waals surface area contributed by atoms with E-state index in [1.165, 1.54) is 27.5 Å². The average molecular weight is 421 g/mol. The van der Waals surface area contributed by atoms with E-state index in [4.69, 9.17) is 14.2 Å². The number of para-hydroxylation sites is 1. The number of hydrogen-bond donors (Lipinski definition) is 2. The van der Waals surface area contributed by atoms with Crippen molar-refractivity contribution in [2.24, 2.45) is 0 Å². The molecule has 3 aromatic rings. The zero-order valence-electron chi connectivity index (χ0n) is 17.5. The predicted octanol–water partition coefficient (Wildman–Crippen LogP) is 3.29. The lowest BCUT2D eigenvalue weighted by Crippen LogP contribution is -2.24. The van der Waals surface area contributed by atoms with Gasteiger partial charge >= 0.3 is 0 Å². The van der Waals surface area contributed by atoms with Gasteiger partial charge in [-0.05, 0) is 35.9 Å². The number of pyridine rings is 1. The van der Waals surface area contributed by atoms with Crippen LogP contribution < -0.4 is 24.8 Å². The van der Waals surface area contributed by atoms with E-state index in [9.17, 15) is 9.59 Å². The van der Waals surface area contributed by atoms with E-state index in [2.05, 4.69) is 15.6 Å². The molecule has 3 rings (SSSR count). The second kappa shape index (κ2) is 10.1. The lowest BCUT2D eigenvalue weighted by molar-refractivity contribution is 0.0949. The van der Waals surface area contributed by atoms with Crippen LogP contribution >= 0.6 is 0 Å². The van der Waals surface area contributed by atoms with Gasteiger partial charge in [0.05, 0.1) is 26.9 Å². The van der Waals surface area contributed by atoms with Crippen LogP contribution in [-0.4, -0.2) is 38.1 Å². The minimum absolute atomic E-state index is 0.207. The molecule has 1 heterocycles. The summed E-state index contributed by atoms with van der Waals surface area (Å²) in [5.74, 6) is 0.571. The topological polar surface area (TPSA) is 98.8 Å². The van der Waals surface area contributed by atoms with E-state index in [1.807, 2.05) is 18.2 Å². The number of aromatic nitrogens is 1. The number of ether oxygens (including phenoxy) is 3. The predicted molar refractivity (Wildman–Crippen MR) is 116 cm³/mol. The van der Waals surface area contributed by atoms with Crippen molar-refractivity contribution in [3.8, 4) is 17.2 Å². The molecule has 0 aliphatic carbocycles. The summed E-state index contributed by atoms with van der Waals surface area (Å²) < 4.78 is 15.9. The van der Waals surface area contributed by atoms with Crippen molar-refractivity contribution in [3.63, 3.8) is 0 Å². The Morgan fingerprint density at radius 1 is 0.871 bits per heavy atom. The third-order valence-electron chi connectivity index (χ3n) is 4.56. The van der Waals surface area contributed by atoms with E-state index in [-0.39, 0.29) is 18.4 Å². The molecule has 0 radical (unpaired) electrons. The highest BCUT2D eigenvalue weighted by Crippen LogP contribution is 2.38. The number of anilines is 1. The molecule has 0 atom stereocenters. The van der Waals surface area contributed by atoms with Crippen molar-refractivity contribution in [2.45, 2.75) is 6.54 Å². The van der Waals surface area contributed by atoms with Crippen LogP contribution in [0.3, 0.4) is 0 Å². The monoisotopic (exact) mass is 421 g/mol. The lowest BCUT2D eigenvalue weighted by atomic mass is 10.1. The Hall–Kier alpha value is -4.07. The van der Waals surface area contributed by atoms with E-state index in [1.54, 1.807) is 36.5 Å². The Morgan fingerprint density at radius 2 is 1.58 bits per heavy atom. The Kier molecular flexibility index (Phi) is 7.05. The fraction of sp³-hybridized carbons (Fsp3) is 0.174. The number of amides is 2. The number of rotatable bonds is 8. The van der Waals surface area contributed by atoms with E-state index >= 15 is 0 Å². The molecule has 0 saturated carbocycles. The molecule has 160 valence electrons. The van der Waals surface area contributed by atoms with Gasteiger partial charge in [-0.25, -0.2) is 0 Å². The van der Waals surface area contributed by atoms with Gasteiger partial charge in [0.25, 0.3) is 11.8 Å². The van der Waals surface area contributed by atoms with Crippen LogP contribution in [0.2, 0.25) is 0 Å². The van der Waals surface area contributed by atoms with Crippen molar-refractivity contribution < 1.29 is 23.8 Å². The summed E-state index contributed by atoms with van der Waals surface area (Å²) >= 11 is 0. The molecule has 0 aliphatic rings. The smallest absolute Gasteiger partial charge is 0.257 e. The molecular formula is C23H23N3O5. The molecule has 8 nitrogen and oxygen atoms in total. The number of carbonyl (C=O) groups excluding carboxylic acids is 2. The largest absolute Gasteiger partial charge is 0.493 e. The van der Waals surface area contributed by atoms with Crippen LogP contribution in [0.25, 0.3) is 0 Å². The van der Waals surface area contributed by atoms with Crippen LogP contribution in [0, 0.1) is 0 Å². The first-order valence-electron chi connectivity index (χ1n) is 9.44. The molecular weight excluding hydrogens is 398 g/mol. The first kappa shape index (κ1) is 21.6. The minimum Gasteiger partial charge on any atom is -0.493 e. The van der Waals surface area contributed by atoms with Crippen molar-refractivity contribution >= 4 is 17.5 Å². The van der Waals surface area contributed by atoms with E-state index < -0.39 is 0 Å². The number of carbonyl (C=O) groups is 2. The summed E-state index contributed by atoms with van der Waals surface area (Å²) in [4.78, 5) is 29.2. The van der Waals surface area contributed by atoms with Crippen molar-refractivity contribution in [1.82, 2.24) is 10.3 Å². The summed E-state index contributed by atoms with van der Waals surface area (Å²) in [7, 11) is 4.47. The van der Waals surface area contributed by atoms with Gasteiger partial charge in [-0.15, -0.1) is 0 Å². The summed E-state index contributed by atoms with van der Waals surface area (Å²) in [5.41, 5.74) is 2.15. The summed E-state index contributed by atoms with van der Waals surface area (Å²) in [5, 5.41) is 5.71. The SMILES string of the molecule is COc1cc(C(=O)NCc2ccccc2NC(=O)c2cccnc2)cc(OC)c1OC. The molecule has 0 fully saturated rings. The molecule has 8 heteroatoms. The minimum atomic E-state index is -0.326. The third-order valence-corrected chi connectivity index (χ3v) is 4.56. The second-order valence-corrected chi connectivity index (χ2v) is 6.45. The molecule has 2 aromatic carbocycles. The average Bonchev–Trinajstić information content (AvgIpc) is 2.82. The molecule has 0 aliphatic heterocycles. The molecule has 31 heavy (non-hydrogen) atoms. The van der Waals surface area contributed by atoms with Gasteiger partial charge in [0.2, 0.25) is 5.75 Å². The van der Waals surface area contributed by atoms with Crippen LogP contribution in [0.15, 0.2) is 60.9 Å². The molecule has 0 unspecified atom stereocenters. The lowest BCUT2D eigenvalue weighted by Gasteiger charge is -2.15. The standard InChI is InChI=1S/C23H23N3O5/c1-29-19-11-17(12-20(30-2)21(19)31-3)22(27)25-14-15-7-4-5-9-18(15)26-23(28)16-8-6-10-24-13-16/h4-13H,14H2,1-3H3,(H,25,27)(H,26,28). The number of methoxy groups -OCH3 is 3. The first-order valence-corrected chi connectivity index (χ1v) is 9.44. The highest BCUT2D eigenvalue weighted by molar-refractivity contribution is 6.04. The molecule has 2 N–H and O–H groups in total. The van der Waals surface area contributed by atoms with Gasteiger partial charge in [0, 0.05) is 30.2 Å². The van der Waals surface area contributed by atoms with Gasteiger partial charge < -0.3 is 24.8 Å².